The molecule has 0 saturated carbocycles. The highest BCUT2D eigenvalue weighted by Crippen LogP contribution is 2.23. The molecule has 1 aromatic carbocycles. The molecule has 0 radical (unpaired) electrons. The lowest BCUT2D eigenvalue weighted by molar-refractivity contribution is -0.134. The Kier molecular flexibility index (Phi) is 7.58. The van der Waals surface area contributed by atoms with E-state index in [1.54, 1.807) is 24.9 Å². The molecule has 180 valence electrons. The van der Waals surface area contributed by atoms with Crippen molar-refractivity contribution in [1.82, 2.24) is 20.0 Å². The molecule has 0 bridgehead atoms. The van der Waals surface area contributed by atoms with E-state index in [1.807, 2.05) is 44.2 Å². The minimum Gasteiger partial charge on any atom is -0.364 e. The van der Waals surface area contributed by atoms with Crippen molar-refractivity contribution in [2.45, 2.75) is 51.5 Å². The lowest BCUT2D eigenvalue weighted by atomic mass is 10.0. The van der Waals surface area contributed by atoms with Gasteiger partial charge in [0, 0.05) is 19.8 Å². The number of aromatic nitrogens is 2. The summed E-state index contributed by atoms with van der Waals surface area (Å²) in [5.41, 5.74) is 0.669. The number of hydrogen-bond acceptors (Lipinski definition) is 6. The number of ether oxygens (including phenoxy) is 1. The van der Waals surface area contributed by atoms with Crippen molar-refractivity contribution in [3.8, 4) is 0 Å². The van der Waals surface area contributed by atoms with E-state index in [9.17, 15) is 18.0 Å². The van der Waals surface area contributed by atoms with E-state index in [0.717, 1.165) is 5.56 Å². The second-order valence-corrected chi connectivity index (χ2v) is 11.5. The summed E-state index contributed by atoms with van der Waals surface area (Å²) in [7, 11) is -1.38. The number of carbonyl (C=O) groups is 2. The minimum absolute atomic E-state index is 0.0434. The zero-order chi connectivity index (χ0) is 24.2. The van der Waals surface area contributed by atoms with Crippen LogP contribution in [0.25, 0.3) is 0 Å². The Hall–Kier alpha value is -2.72. The molecule has 9 nitrogen and oxygen atoms in total. The molecule has 2 amide bonds. The maximum atomic E-state index is 12.9. The predicted molar refractivity (Wildman–Crippen MR) is 124 cm³/mol. The molecule has 0 spiro atoms. The van der Waals surface area contributed by atoms with Gasteiger partial charge in [-0.3, -0.25) is 14.3 Å². The van der Waals surface area contributed by atoms with Crippen LogP contribution in [0.2, 0.25) is 0 Å². The molecule has 1 aliphatic rings. The Morgan fingerprint density at radius 3 is 2.64 bits per heavy atom. The van der Waals surface area contributed by atoms with Gasteiger partial charge < -0.3 is 15.0 Å². The number of carbonyl (C=O) groups excluding carboxylic acids is 2. The molecule has 10 heteroatoms. The number of sulfone groups is 1. The van der Waals surface area contributed by atoms with Crippen LogP contribution in [0.5, 0.6) is 0 Å². The average molecular weight is 477 g/mol. The summed E-state index contributed by atoms with van der Waals surface area (Å²) in [6.07, 6.45) is 2.90. The van der Waals surface area contributed by atoms with Crippen LogP contribution in [-0.2, 0) is 26.0 Å². The van der Waals surface area contributed by atoms with E-state index < -0.39 is 21.5 Å². The van der Waals surface area contributed by atoms with E-state index in [1.165, 1.54) is 11.1 Å². The number of benzene rings is 1. The fourth-order valence-electron chi connectivity index (χ4n) is 3.86. The zero-order valence-corrected chi connectivity index (χ0v) is 20.3. The van der Waals surface area contributed by atoms with Crippen molar-refractivity contribution in [3.63, 3.8) is 0 Å². The number of amides is 2. The molecule has 1 fully saturated rings. The zero-order valence-electron chi connectivity index (χ0n) is 19.5. The van der Waals surface area contributed by atoms with Crippen LogP contribution in [0.15, 0.2) is 42.7 Å². The molecular weight excluding hydrogens is 444 g/mol. The molecule has 2 aromatic rings. The summed E-state index contributed by atoms with van der Waals surface area (Å²) in [4.78, 5) is 27.0. The van der Waals surface area contributed by atoms with Gasteiger partial charge in [-0.2, -0.15) is 5.10 Å². The van der Waals surface area contributed by atoms with Gasteiger partial charge in [0.1, 0.15) is 6.10 Å². The molecule has 1 aliphatic heterocycles. The van der Waals surface area contributed by atoms with Crippen molar-refractivity contribution in [2.75, 3.05) is 25.1 Å². The quantitative estimate of drug-likeness (QED) is 0.591. The Balaban J connectivity index is 1.52. The van der Waals surface area contributed by atoms with Gasteiger partial charge in [-0.1, -0.05) is 30.3 Å². The average Bonchev–Trinajstić information content (AvgIpc) is 3.37. The SMILES string of the molecule is CC(OCc1ccccc1)C(=O)NC(C)(C)CN(C)C(=O)c1cnn(C2CCS(=O)(=O)C2)c1. The molecule has 0 aliphatic carbocycles. The van der Waals surface area contributed by atoms with E-state index in [0.29, 0.717) is 18.6 Å². The van der Waals surface area contributed by atoms with E-state index in [4.69, 9.17) is 4.74 Å². The smallest absolute Gasteiger partial charge is 0.256 e. The third-order valence-electron chi connectivity index (χ3n) is 5.58. The summed E-state index contributed by atoms with van der Waals surface area (Å²) in [5.74, 6) is -0.325. The molecule has 1 saturated heterocycles. The summed E-state index contributed by atoms with van der Waals surface area (Å²) in [5, 5.41) is 7.14. The van der Waals surface area contributed by atoms with Gasteiger partial charge in [0.05, 0.1) is 41.5 Å². The summed E-state index contributed by atoms with van der Waals surface area (Å²) in [6.45, 7) is 5.98. The van der Waals surface area contributed by atoms with Gasteiger partial charge >= 0.3 is 0 Å². The van der Waals surface area contributed by atoms with E-state index in [-0.39, 0.29) is 35.9 Å². The molecule has 2 heterocycles. The van der Waals surface area contributed by atoms with Crippen molar-refractivity contribution in [1.29, 1.82) is 0 Å². The molecule has 2 atom stereocenters. The van der Waals surface area contributed by atoms with E-state index in [2.05, 4.69) is 10.4 Å². The van der Waals surface area contributed by atoms with Crippen LogP contribution < -0.4 is 5.32 Å². The van der Waals surface area contributed by atoms with Gasteiger partial charge in [-0.05, 0) is 32.8 Å². The van der Waals surface area contributed by atoms with Gasteiger partial charge in [0.25, 0.3) is 5.91 Å². The number of rotatable bonds is 9. The van der Waals surface area contributed by atoms with Crippen LogP contribution in [0.3, 0.4) is 0 Å². The first-order valence-corrected chi connectivity index (χ1v) is 12.8. The first-order valence-electron chi connectivity index (χ1n) is 10.9. The third-order valence-corrected chi connectivity index (χ3v) is 7.33. The number of nitrogens with zero attached hydrogens (tertiary/aromatic N) is 3. The monoisotopic (exact) mass is 476 g/mol. The highest BCUT2D eigenvalue weighted by atomic mass is 32.2. The van der Waals surface area contributed by atoms with Gasteiger partial charge in [0.15, 0.2) is 9.84 Å². The Bertz CT molecular complexity index is 1080. The van der Waals surface area contributed by atoms with Gasteiger partial charge in [-0.15, -0.1) is 0 Å². The lowest BCUT2D eigenvalue weighted by Crippen LogP contribution is -2.54. The first-order chi connectivity index (χ1) is 15.5. The highest BCUT2D eigenvalue weighted by Gasteiger charge is 2.31. The molecule has 1 N–H and O–H groups in total. The Labute approximate surface area is 195 Å². The maximum Gasteiger partial charge on any atom is 0.256 e. The van der Waals surface area contributed by atoms with Crippen molar-refractivity contribution < 1.29 is 22.7 Å². The van der Waals surface area contributed by atoms with Gasteiger partial charge in [-0.25, -0.2) is 8.42 Å². The third kappa shape index (κ3) is 6.88. The fraction of sp³-hybridized carbons (Fsp3) is 0.522. The maximum absolute atomic E-state index is 12.9. The fourth-order valence-corrected chi connectivity index (χ4v) is 5.57. The van der Waals surface area contributed by atoms with Crippen LogP contribution in [-0.4, -0.2) is 71.7 Å². The summed E-state index contributed by atoms with van der Waals surface area (Å²) < 4.78 is 30.7. The second kappa shape index (κ2) is 10.0. The first kappa shape index (κ1) is 24.9. The van der Waals surface area contributed by atoms with Crippen LogP contribution in [0.1, 0.15) is 49.2 Å². The second-order valence-electron chi connectivity index (χ2n) is 9.24. The number of hydrogen-bond donors (Lipinski definition) is 1. The summed E-state index contributed by atoms with van der Waals surface area (Å²) >= 11 is 0. The van der Waals surface area contributed by atoms with Crippen molar-refractivity contribution in [3.05, 3.63) is 53.9 Å². The predicted octanol–water partition coefficient (Wildman–Crippen LogP) is 1.81. The van der Waals surface area contributed by atoms with Crippen LogP contribution in [0.4, 0.5) is 0 Å². The molecule has 33 heavy (non-hydrogen) atoms. The van der Waals surface area contributed by atoms with Crippen LogP contribution >= 0.6 is 0 Å². The molecule has 3 rings (SSSR count). The largest absolute Gasteiger partial charge is 0.364 e. The van der Waals surface area contributed by atoms with Crippen LogP contribution in [0, 0.1) is 0 Å². The summed E-state index contributed by atoms with van der Waals surface area (Å²) in [6, 6.07) is 9.38. The van der Waals surface area contributed by atoms with Crippen molar-refractivity contribution in [2.24, 2.45) is 0 Å². The Morgan fingerprint density at radius 2 is 2.00 bits per heavy atom. The topological polar surface area (TPSA) is 111 Å². The standard InChI is InChI=1S/C23H32N4O5S/c1-17(32-14-18-8-6-5-7-9-18)21(28)25-23(2,3)16-26(4)22(29)19-12-24-27(13-19)20-10-11-33(30,31)15-20/h5-9,12-13,17,20H,10-11,14-16H2,1-4H3,(H,25,28). The van der Waals surface area contributed by atoms with Crippen molar-refractivity contribution >= 4 is 21.7 Å². The van der Waals surface area contributed by atoms with E-state index >= 15 is 0 Å². The highest BCUT2D eigenvalue weighted by molar-refractivity contribution is 7.91. The number of nitrogens with one attached hydrogen (secondary N) is 1. The van der Waals surface area contributed by atoms with Gasteiger partial charge in [0.2, 0.25) is 5.91 Å². The number of likely N-dealkylation sites (N-methyl/N-ethyl adjacent to an activating group) is 1. The normalized spacial score (nSPS) is 18.6. The molecule has 2 unspecified atom stereocenters. The molecule has 1 aromatic heterocycles. The minimum atomic E-state index is -3.04. The lowest BCUT2D eigenvalue weighted by Gasteiger charge is -2.32. The molecular formula is C23H32N4O5S. The Morgan fingerprint density at radius 1 is 1.30 bits per heavy atom.